The normalized spacial score (nSPS) is 17.6. The van der Waals surface area contributed by atoms with Crippen LogP contribution in [-0.4, -0.2) is 23.9 Å². The standard InChI is InChI=1S/C37H28N2O2/c1-41-29-21-18-25(19-22-29)30-23-20-27-15-10-24-38-34(27)36(30)39-35(28-13-6-3-7-14-28)33(26-11-4-2-5-12-26)31-16-8-9-17-32(31)37(39)40/h2-24,27,34H,1H3. The third-order valence-electron chi connectivity index (χ3n) is 7.91. The molecule has 0 bridgehead atoms. The van der Waals surface area contributed by atoms with Crippen molar-refractivity contribution in [1.29, 1.82) is 0 Å². The summed E-state index contributed by atoms with van der Waals surface area (Å²) in [5, 5.41) is 1.61. The molecule has 198 valence electrons. The molecule has 5 aromatic rings. The van der Waals surface area contributed by atoms with Gasteiger partial charge in [-0.3, -0.25) is 14.4 Å². The molecule has 0 saturated carbocycles. The monoisotopic (exact) mass is 532 g/mol. The Morgan fingerprint density at radius 1 is 0.707 bits per heavy atom. The Labute approximate surface area is 238 Å². The number of hydrogen-bond acceptors (Lipinski definition) is 3. The van der Waals surface area contributed by atoms with Gasteiger partial charge >= 0.3 is 0 Å². The summed E-state index contributed by atoms with van der Waals surface area (Å²) in [6, 6.07) is 36.3. The van der Waals surface area contributed by atoms with Crippen LogP contribution in [0.15, 0.2) is 143 Å². The second-order valence-electron chi connectivity index (χ2n) is 10.2. The number of pyridine rings is 1. The zero-order chi connectivity index (χ0) is 27.8. The summed E-state index contributed by atoms with van der Waals surface area (Å²) in [5.74, 6) is 0.825. The Kier molecular flexibility index (Phi) is 6.29. The van der Waals surface area contributed by atoms with E-state index in [1.165, 1.54) is 0 Å². The number of aliphatic imine (C=N–C) groups is 1. The fraction of sp³-hybridized carbons (Fsp3) is 0.0811. The maximum atomic E-state index is 14.8. The number of aromatic nitrogens is 1. The first-order chi connectivity index (χ1) is 20.2. The summed E-state index contributed by atoms with van der Waals surface area (Å²) in [7, 11) is 1.67. The number of methoxy groups -OCH3 is 1. The first-order valence-electron chi connectivity index (χ1n) is 13.8. The molecule has 41 heavy (non-hydrogen) atoms. The summed E-state index contributed by atoms with van der Waals surface area (Å²) >= 11 is 0. The highest BCUT2D eigenvalue weighted by atomic mass is 16.5. The quantitative estimate of drug-likeness (QED) is 0.231. The molecule has 0 spiro atoms. The van der Waals surface area contributed by atoms with E-state index in [1.54, 1.807) is 7.11 Å². The topological polar surface area (TPSA) is 43.6 Å². The van der Waals surface area contributed by atoms with Crippen molar-refractivity contribution in [3.8, 4) is 28.1 Å². The number of hydrogen-bond donors (Lipinski definition) is 0. The fourth-order valence-corrected chi connectivity index (χ4v) is 6.01. The molecular formula is C37H28N2O2. The van der Waals surface area contributed by atoms with Crippen LogP contribution < -0.4 is 10.3 Å². The zero-order valence-electron chi connectivity index (χ0n) is 22.6. The van der Waals surface area contributed by atoms with E-state index in [2.05, 4.69) is 48.6 Å². The molecule has 2 heterocycles. The van der Waals surface area contributed by atoms with Crippen LogP contribution in [0.5, 0.6) is 5.75 Å². The van der Waals surface area contributed by atoms with Gasteiger partial charge in [0.25, 0.3) is 5.56 Å². The Balaban J connectivity index is 1.67. The predicted octanol–water partition coefficient (Wildman–Crippen LogP) is 7.91. The number of dihydropyridines is 1. The maximum Gasteiger partial charge on any atom is 0.263 e. The van der Waals surface area contributed by atoms with Crippen LogP contribution >= 0.6 is 0 Å². The molecule has 0 saturated heterocycles. The minimum absolute atomic E-state index is 0.0409. The lowest BCUT2D eigenvalue weighted by Crippen LogP contribution is -2.33. The highest BCUT2D eigenvalue weighted by molar-refractivity contribution is 6.05. The first-order valence-corrected chi connectivity index (χ1v) is 13.8. The van der Waals surface area contributed by atoms with E-state index in [0.29, 0.717) is 5.39 Å². The van der Waals surface area contributed by atoms with Crippen molar-refractivity contribution in [1.82, 2.24) is 4.57 Å². The summed E-state index contributed by atoms with van der Waals surface area (Å²) in [5.41, 5.74) is 6.69. The molecule has 0 N–H and O–H groups in total. The fourth-order valence-electron chi connectivity index (χ4n) is 6.01. The molecule has 2 unspecified atom stereocenters. The lowest BCUT2D eigenvalue weighted by molar-refractivity contribution is 0.415. The van der Waals surface area contributed by atoms with Gasteiger partial charge in [-0.2, -0.15) is 0 Å². The molecule has 0 amide bonds. The SMILES string of the molecule is COc1ccc(C2=C(n3c(-c4ccccc4)c(-c4ccccc4)c4ccccc4c3=O)C3N=CC=CC3C=C2)cc1. The van der Waals surface area contributed by atoms with Crippen LogP contribution in [0.25, 0.3) is 44.4 Å². The third-order valence-corrected chi connectivity index (χ3v) is 7.91. The number of fused-ring (bicyclic) bond motifs is 2. The van der Waals surface area contributed by atoms with E-state index in [9.17, 15) is 4.79 Å². The summed E-state index contributed by atoms with van der Waals surface area (Å²) in [4.78, 5) is 19.7. The van der Waals surface area contributed by atoms with Crippen molar-refractivity contribution < 1.29 is 4.74 Å². The zero-order valence-corrected chi connectivity index (χ0v) is 22.6. The second-order valence-corrected chi connectivity index (χ2v) is 10.2. The Hall–Kier alpha value is -5.22. The number of benzene rings is 4. The van der Waals surface area contributed by atoms with E-state index in [4.69, 9.17) is 9.73 Å². The molecule has 4 heteroatoms. The van der Waals surface area contributed by atoms with Crippen LogP contribution in [0.4, 0.5) is 0 Å². The van der Waals surface area contributed by atoms with E-state index >= 15 is 0 Å². The average molecular weight is 533 g/mol. The van der Waals surface area contributed by atoms with Crippen molar-refractivity contribution in [3.63, 3.8) is 0 Å². The molecular weight excluding hydrogens is 504 g/mol. The lowest BCUT2D eigenvalue weighted by atomic mass is 9.84. The molecule has 2 atom stereocenters. The molecule has 1 aromatic heterocycles. The van der Waals surface area contributed by atoms with E-state index < -0.39 is 0 Å². The molecule has 1 aliphatic carbocycles. The van der Waals surface area contributed by atoms with Crippen molar-refractivity contribution in [2.24, 2.45) is 10.9 Å². The number of allylic oxidation sites excluding steroid dienone is 3. The average Bonchev–Trinajstić information content (AvgIpc) is 3.05. The van der Waals surface area contributed by atoms with Gasteiger partial charge in [0.05, 0.1) is 18.5 Å². The van der Waals surface area contributed by atoms with Gasteiger partial charge < -0.3 is 4.74 Å². The van der Waals surface area contributed by atoms with Crippen LogP contribution in [0, 0.1) is 5.92 Å². The van der Waals surface area contributed by atoms with Gasteiger partial charge in [0.1, 0.15) is 11.8 Å². The summed E-state index contributed by atoms with van der Waals surface area (Å²) in [6.45, 7) is 0. The van der Waals surface area contributed by atoms with Crippen molar-refractivity contribution in [2.75, 3.05) is 7.11 Å². The third kappa shape index (κ3) is 4.25. The van der Waals surface area contributed by atoms with E-state index in [-0.39, 0.29) is 17.5 Å². The van der Waals surface area contributed by atoms with Crippen LogP contribution in [-0.2, 0) is 0 Å². The highest BCUT2D eigenvalue weighted by Gasteiger charge is 2.33. The second kappa shape index (κ2) is 10.4. The lowest BCUT2D eigenvalue weighted by Gasteiger charge is -2.33. The first kappa shape index (κ1) is 24.8. The van der Waals surface area contributed by atoms with Crippen LogP contribution in [0.2, 0.25) is 0 Å². The van der Waals surface area contributed by atoms with E-state index in [0.717, 1.165) is 50.4 Å². The van der Waals surface area contributed by atoms with Crippen molar-refractivity contribution in [2.45, 2.75) is 6.04 Å². The Morgan fingerprint density at radius 3 is 2.07 bits per heavy atom. The van der Waals surface area contributed by atoms with Gasteiger partial charge in [0, 0.05) is 28.7 Å². The maximum absolute atomic E-state index is 14.8. The smallest absolute Gasteiger partial charge is 0.263 e. The Morgan fingerprint density at radius 2 is 1.37 bits per heavy atom. The molecule has 2 aliphatic rings. The summed E-state index contributed by atoms with van der Waals surface area (Å²) < 4.78 is 7.38. The molecule has 4 nitrogen and oxygen atoms in total. The minimum atomic E-state index is -0.257. The van der Waals surface area contributed by atoms with Crippen LogP contribution in [0.3, 0.4) is 0 Å². The number of rotatable bonds is 5. The van der Waals surface area contributed by atoms with Gasteiger partial charge in [-0.05, 0) is 46.4 Å². The van der Waals surface area contributed by atoms with Crippen molar-refractivity contribution in [3.05, 3.63) is 149 Å². The molecule has 7 rings (SSSR count). The summed E-state index contributed by atoms with van der Waals surface area (Å²) in [6.07, 6.45) is 10.3. The van der Waals surface area contributed by atoms with Gasteiger partial charge in [-0.1, -0.05) is 109 Å². The molecule has 1 aliphatic heterocycles. The van der Waals surface area contributed by atoms with Gasteiger partial charge in [0.2, 0.25) is 0 Å². The largest absolute Gasteiger partial charge is 0.497 e. The molecule has 0 radical (unpaired) electrons. The van der Waals surface area contributed by atoms with Gasteiger partial charge in [0.15, 0.2) is 0 Å². The molecule has 0 fully saturated rings. The van der Waals surface area contributed by atoms with Gasteiger partial charge in [-0.15, -0.1) is 0 Å². The van der Waals surface area contributed by atoms with Gasteiger partial charge in [-0.25, -0.2) is 0 Å². The van der Waals surface area contributed by atoms with E-state index in [1.807, 2.05) is 95.7 Å². The number of nitrogens with zero attached hydrogens (tertiary/aromatic N) is 2. The Bertz CT molecular complexity index is 1930. The number of ether oxygens (including phenoxy) is 1. The molecule has 4 aromatic carbocycles. The van der Waals surface area contributed by atoms with Crippen LogP contribution in [0.1, 0.15) is 5.56 Å². The van der Waals surface area contributed by atoms with Crippen molar-refractivity contribution >= 4 is 28.3 Å². The predicted molar refractivity (Wildman–Crippen MR) is 169 cm³/mol. The minimum Gasteiger partial charge on any atom is -0.497 e. The highest BCUT2D eigenvalue weighted by Crippen LogP contribution is 2.43.